The minimum absolute atomic E-state index is 0.131. The van der Waals surface area contributed by atoms with Crippen LogP contribution in [0.4, 0.5) is 0 Å². The molecule has 0 heterocycles. The Morgan fingerprint density at radius 3 is 2.71 bits per heavy atom. The molecule has 0 saturated carbocycles. The van der Waals surface area contributed by atoms with E-state index in [9.17, 15) is 0 Å². The van der Waals surface area contributed by atoms with Gasteiger partial charge < -0.3 is 15.6 Å². The highest BCUT2D eigenvalue weighted by Gasteiger charge is 2.02. The molecule has 3 heteroatoms. The van der Waals surface area contributed by atoms with Gasteiger partial charge in [0.1, 0.15) is 0 Å². The molecule has 3 nitrogen and oxygen atoms in total. The van der Waals surface area contributed by atoms with E-state index in [1.54, 1.807) is 0 Å². The molecular formula is C11H15NO2. The highest BCUT2D eigenvalue weighted by Crippen LogP contribution is 2.03. The van der Waals surface area contributed by atoms with Crippen LogP contribution in [0.25, 0.3) is 0 Å². The summed E-state index contributed by atoms with van der Waals surface area (Å²) < 4.78 is 4.60. The van der Waals surface area contributed by atoms with Crippen LogP contribution in [0.5, 0.6) is 0 Å². The summed E-state index contributed by atoms with van der Waals surface area (Å²) in [5.74, 6) is -0.131. The van der Waals surface area contributed by atoms with E-state index in [-0.39, 0.29) is 12.0 Å². The molecule has 1 aromatic carbocycles. The largest absolute Gasteiger partial charge is 0.481 e. The van der Waals surface area contributed by atoms with Gasteiger partial charge in [-0.3, -0.25) is 0 Å². The first kappa shape index (κ1) is 10.6. The summed E-state index contributed by atoms with van der Waals surface area (Å²) in [6.07, 6.45) is 2.18. The molecule has 0 aliphatic carbocycles. The smallest absolute Gasteiger partial charge is 0.273 e. The van der Waals surface area contributed by atoms with E-state index in [4.69, 9.17) is 10.8 Å². The summed E-state index contributed by atoms with van der Waals surface area (Å²) in [6.45, 7) is 0. The quantitative estimate of drug-likeness (QED) is 0.714. The van der Waals surface area contributed by atoms with Crippen LogP contribution in [0.1, 0.15) is 5.56 Å². The maximum absolute atomic E-state index is 9.07. The maximum Gasteiger partial charge on any atom is 0.273 e. The van der Waals surface area contributed by atoms with Crippen molar-refractivity contribution in [1.82, 2.24) is 0 Å². The second-order valence-corrected chi connectivity index (χ2v) is 3.06. The van der Waals surface area contributed by atoms with Crippen molar-refractivity contribution >= 4 is 0 Å². The van der Waals surface area contributed by atoms with Crippen LogP contribution in [0.3, 0.4) is 0 Å². The van der Waals surface area contributed by atoms with Gasteiger partial charge in [-0.1, -0.05) is 30.3 Å². The minimum Gasteiger partial charge on any atom is -0.481 e. The molecule has 14 heavy (non-hydrogen) atoms. The molecular weight excluding hydrogens is 178 g/mol. The van der Waals surface area contributed by atoms with Gasteiger partial charge in [0.2, 0.25) is 0 Å². The van der Waals surface area contributed by atoms with Crippen LogP contribution >= 0.6 is 0 Å². The molecule has 0 amide bonds. The summed E-state index contributed by atoms with van der Waals surface area (Å²) in [5, 5.41) is 9.07. The average Bonchev–Trinajstić information content (AvgIpc) is 2.19. The van der Waals surface area contributed by atoms with E-state index in [1.807, 2.05) is 30.3 Å². The summed E-state index contributed by atoms with van der Waals surface area (Å²) in [4.78, 5) is 0. The fourth-order valence-electron chi connectivity index (χ4n) is 1.20. The lowest BCUT2D eigenvalue weighted by atomic mass is 10.1. The second kappa shape index (κ2) is 5.29. The molecule has 0 spiro atoms. The fraction of sp³-hybridized carbons (Fsp3) is 0.273. The third kappa shape index (κ3) is 3.49. The van der Waals surface area contributed by atoms with Crippen molar-refractivity contribution in [1.29, 1.82) is 0 Å². The number of hydrogen-bond donors (Lipinski definition) is 2. The Kier molecular flexibility index (Phi) is 4.01. The first-order valence-corrected chi connectivity index (χ1v) is 4.46. The third-order valence-electron chi connectivity index (χ3n) is 1.88. The molecule has 1 unspecified atom stereocenters. The van der Waals surface area contributed by atoms with Crippen LogP contribution in [-0.2, 0) is 11.2 Å². The predicted molar refractivity (Wildman–Crippen MR) is 55.8 cm³/mol. The van der Waals surface area contributed by atoms with Gasteiger partial charge in [0.25, 0.3) is 5.95 Å². The highest BCUT2D eigenvalue weighted by atomic mass is 16.6. The fourth-order valence-corrected chi connectivity index (χ4v) is 1.20. The summed E-state index contributed by atoms with van der Waals surface area (Å²) in [6, 6.07) is 9.65. The minimum atomic E-state index is -0.225. The number of ether oxygens (including phenoxy) is 1. The van der Waals surface area contributed by atoms with Crippen LogP contribution in [-0.4, -0.2) is 18.3 Å². The Bertz CT molecular complexity index is 295. The van der Waals surface area contributed by atoms with Gasteiger partial charge in [0.15, 0.2) is 0 Å². The first-order chi connectivity index (χ1) is 6.72. The number of aliphatic hydroxyl groups is 1. The van der Waals surface area contributed by atoms with Crippen molar-refractivity contribution in [2.75, 3.05) is 7.11 Å². The topological polar surface area (TPSA) is 55.5 Å². The summed E-state index contributed by atoms with van der Waals surface area (Å²) in [7, 11) is 1.40. The van der Waals surface area contributed by atoms with E-state index >= 15 is 0 Å². The van der Waals surface area contributed by atoms with Crippen molar-refractivity contribution < 1.29 is 9.84 Å². The molecule has 0 fully saturated rings. The van der Waals surface area contributed by atoms with Gasteiger partial charge in [-0.15, -0.1) is 0 Å². The molecule has 0 radical (unpaired) electrons. The Hall–Kier alpha value is -1.48. The molecule has 1 atom stereocenters. The molecule has 0 aliphatic rings. The number of hydrogen-bond acceptors (Lipinski definition) is 3. The number of aliphatic hydroxyl groups excluding tert-OH is 1. The van der Waals surface area contributed by atoms with Crippen molar-refractivity contribution in [3.63, 3.8) is 0 Å². The maximum atomic E-state index is 9.07. The standard InChI is InChI=1S/C11H15NO2/c1-14-11(13)8-10(12)7-9-5-3-2-4-6-9/h2-6,8,10,13H,7,12H2,1H3/b11-8+. The Balaban J connectivity index is 2.53. The van der Waals surface area contributed by atoms with Crippen molar-refractivity contribution in [2.45, 2.75) is 12.5 Å². The Labute approximate surface area is 83.8 Å². The third-order valence-corrected chi connectivity index (χ3v) is 1.88. The van der Waals surface area contributed by atoms with Gasteiger partial charge in [-0.25, -0.2) is 0 Å². The van der Waals surface area contributed by atoms with Gasteiger partial charge in [-0.2, -0.15) is 0 Å². The van der Waals surface area contributed by atoms with Crippen LogP contribution < -0.4 is 5.73 Å². The zero-order valence-electron chi connectivity index (χ0n) is 8.18. The molecule has 0 saturated heterocycles. The molecule has 1 aromatic rings. The van der Waals surface area contributed by atoms with Crippen LogP contribution in [0, 0.1) is 0 Å². The lowest BCUT2D eigenvalue weighted by Gasteiger charge is -2.07. The highest BCUT2D eigenvalue weighted by molar-refractivity contribution is 5.17. The SMILES string of the molecule is CO/C(O)=C/C(N)Cc1ccccc1. The number of nitrogens with two attached hydrogens (primary N) is 1. The van der Waals surface area contributed by atoms with E-state index in [0.717, 1.165) is 5.56 Å². The van der Waals surface area contributed by atoms with Crippen LogP contribution in [0.15, 0.2) is 42.4 Å². The van der Waals surface area contributed by atoms with Crippen molar-refractivity contribution in [3.8, 4) is 0 Å². The number of rotatable bonds is 4. The lowest BCUT2D eigenvalue weighted by molar-refractivity contribution is 0.134. The predicted octanol–water partition coefficient (Wildman–Crippen LogP) is 1.60. The number of benzene rings is 1. The number of methoxy groups -OCH3 is 1. The van der Waals surface area contributed by atoms with E-state index in [1.165, 1.54) is 13.2 Å². The van der Waals surface area contributed by atoms with Gasteiger partial charge in [0, 0.05) is 12.1 Å². The van der Waals surface area contributed by atoms with Crippen molar-refractivity contribution in [3.05, 3.63) is 47.9 Å². The first-order valence-electron chi connectivity index (χ1n) is 4.46. The Morgan fingerprint density at radius 2 is 2.14 bits per heavy atom. The van der Waals surface area contributed by atoms with Gasteiger partial charge >= 0.3 is 0 Å². The molecule has 0 aromatic heterocycles. The molecule has 1 rings (SSSR count). The zero-order valence-corrected chi connectivity index (χ0v) is 8.18. The molecule has 0 bridgehead atoms. The van der Waals surface area contributed by atoms with Gasteiger partial charge in [-0.05, 0) is 12.0 Å². The van der Waals surface area contributed by atoms with Gasteiger partial charge in [0.05, 0.1) is 7.11 Å². The molecule has 76 valence electrons. The van der Waals surface area contributed by atoms with Crippen molar-refractivity contribution in [2.24, 2.45) is 5.73 Å². The van der Waals surface area contributed by atoms with E-state index in [0.29, 0.717) is 6.42 Å². The second-order valence-electron chi connectivity index (χ2n) is 3.06. The summed E-state index contributed by atoms with van der Waals surface area (Å²) >= 11 is 0. The Morgan fingerprint density at radius 1 is 1.50 bits per heavy atom. The monoisotopic (exact) mass is 193 g/mol. The normalized spacial score (nSPS) is 13.7. The molecule has 3 N–H and O–H groups in total. The average molecular weight is 193 g/mol. The summed E-state index contributed by atoms with van der Waals surface area (Å²) in [5.41, 5.74) is 6.90. The van der Waals surface area contributed by atoms with E-state index < -0.39 is 0 Å². The zero-order chi connectivity index (χ0) is 10.4. The molecule has 0 aliphatic heterocycles. The van der Waals surface area contributed by atoms with E-state index in [2.05, 4.69) is 4.74 Å². The van der Waals surface area contributed by atoms with Crippen LogP contribution in [0.2, 0.25) is 0 Å². The lowest BCUT2D eigenvalue weighted by Crippen LogP contribution is -2.20.